The molecule has 168 valence electrons. The number of hydrogen-bond donors (Lipinski definition) is 1. The smallest absolute Gasteiger partial charge is 0.319 e. The summed E-state index contributed by atoms with van der Waals surface area (Å²) in [6.45, 7) is 1.07. The van der Waals surface area contributed by atoms with Crippen LogP contribution in [0.15, 0.2) is 54.6 Å². The zero-order valence-electron chi connectivity index (χ0n) is 17.3. The number of nitrogens with zero attached hydrogens (tertiary/aromatic N) is 2. The van der Waals surface area contributed by atoms with E-state index in [2.05, 4.69) is 5.32 Å². The summed E-state index contributed by atoms with van der Waals surface area (Å²) in [5, 5.41) is 3.15. The van der Waals surface area contributed by atoms with Crippen molar-refractivity contribution in [3.05, 3.63) is 65.2 Å². The highest BCUT2D eigenvalue weighted by molar-refractivity contribution is 7.91. The number of anilines is 1. The van der Waals surface area contributed by atoms with Gasteiger partial charge in [-0.3, -0.25) is 14.5 Å². The average molecular weight is 476 g/mol. The van der Waals surface area contributed by atoms with Gasteiger partial charge >= 0.3 is 6.03 Å². The van der Waals surface area contributed by atoms with Crippen molar-refractivity contribution in [3.8, 4) is 0 Å². The van der Waals surface area contributed by atoms with Crippen LogP contribution in [0.3, 0.4) is 0 Å². The van der Waals surface area contributed by atoms with E-state index < -0.39 is 45.8 Å². The number of para-hydroxylation sites is 1. The third-order valence-electron chi connectivity index (χ3n) is 5.87. The van der Waals surface area contributed by atoms with E-state index in [0.717, 1.165) is 4.90 Å². The standard InChI is InChI=1S/C22H22ClN3O5S/c1-22(15-7-9-16(23)10-8-15)20(28)25(21(29)24-22)13-19(27)26(17-5-3-2-4-6-17)18-11-12-32(30,31)14-18/h2-10,18H,11-14H2,1H3,(H,24,29)/t18-,22-/m1/s1. The predicted molar refractivity (Wildman–Crippen MR) is 120 cm³/mol. The van der Waals surface area contributed by atoms with Gasteiger partial charge in [0.2, 0.25) is 5.91 Å². The normalized spacial score (nSPS) is 24.4. The van der Waals surface area contributed by atoms with E-state index in [1.54, 1.807) is 61.5 Å². The molecule has 0 radical (unpaired) electrons. The maximum absolute atomic E-state index is 13.3. The minimum Gasteiger partial charge on any atom is -0.319 e. The Hall–Kier alpha value is -2.91. The minimum atomic E-state index is -3.25. The monoisotopic (exact) mass is 475 g/mol. The summed E-state index contributed by atoms with van der Waals surface area (Å²) in [6, 6.07) is 13.9. The first kappa shape index (κ1) is 22.3. The van der Waals surface area contributed by atoms with Crippen molar-refractivity contribution >= 4 is 45.0 Å². The molecular formula is C22H22ClN3O5S. The zero-order chi connectivity index (χ0) is 23.1. The van der Waals surface area contributed by atoms with Gasteiger partial charge in [0, 0.05) is 10.7 Å². The van der Waals surface area contributed by atoms with Crippen LogP contribution in [-0.4, -0.2) is 55.3 Å². The number of carbonyl (C=O) groups excluding carboxylic acids is 3. The van der Waals surface area contributed by atoms with Crippen molar-refractivity contribution in [1.82, 2.24) is 10.2 Å². The molecule has 0 spiro atoms. The Balaban J connectivity index is 1.60. The summed E-state index contributed by atoms with van der Waals surface area (Å²) in [4.78, 5) is 41.4. The lowest BCUT2D eigenvalue weighted by Gasteiger charge is -2.30. The number of amides is 4. The first-order valence-corrected chi connectivity index (χ1v) is 12.3. The van der Waals surface area contributed by atoms with Crippen molar-refractivity contribution in [2.24, 2.45) is 0 Å². The van der Waals surface area contributed by atoms with Gasteiger partial charge in [-0.1, -0.05) is 41.9 Å². The van der Waals surface area contributed by atoms with Gasteiger partial charge in [0.05, 0.1) is 17.5 Å². The van der Waals surface area contributed by atoms with E-state index in [9.17, 15) is 22.8 Å². The molecule has 2 atom stereocenters. The molecule has 2 heterocycles. The minimum absolute atomic E-state index is 0.00789. The van der Waals surface area contributed by atoms with Crippen molar-refractivity contribution in [2.45, 2.75) is 24.9 Å². The van der Waals surface area contributed by atoms with Gasteiger partial charge in [0.1, 0.15) is 12.1 Å². The second kappa shape index (κ2) is 8.22. The third kappa shape index (κ3) is 4.10. The molecule has 0 aliphatic carbocycles. The molecule has 2 fully saturated rings. The lowest BCUT2D eigenvalue weighted by molar-refractivity contribution is -0.134. The van der Waals surface area contributed by atoms with Crippen LogP contribution in [0.2, 0.25) is 5.02 Å². The number of nitrogens with one attached hydrogen (secondary N) is 1. The molecule has 2 aliphatic rings. The summed E-state index contributed by atoms with van der Waals surface area (Å²) in [7, 11) is -3.25. The van der Waals surface area contributed by atoms with Gasteiger partial charge < -0.3 is 10.2 Å². The Bertz CT molecular complexity index is 1170. The molecule has 10 heteroatoms. The maximum atomic E-state index is 13.3. The summed E-state index contributed by atoms with van der Waals surface area (Å²) >= 11 is 5.93. The van der Waals surface area contributed by atoms with Crippen LogP contribution in [0.1, 0.15) is 18.9 Å². The van der Waals surface area contributed by atoms with Gasteiger partial charge in [-0.05, 0) is 43.2 Å². The molecule has 1 N–H and O–H groups in total. The average Bonchev–Trinajstić information content (AvgIpc) is 3.21. The van der Waals surface area contributed by atoms with Gasteiger partial charge in [0.25, 0.3) is 5.91 Å². The Labute approximate surface area is 191 Å². The fraction of sp³-hybridized carbons (Fsp3) is 0.318. The third-order valence-corrected chi connectivity index (χ3v) is 7.87. The summed E-state index contributed by atoms with van der Waals surface area (Å²) in [6.07, 6.45) is 0.297. The number of hydrogen-bond acceptors (Lipinski definition) is 5. The van der Waals surface area contributed by atoms with Gasteiger partial charge in [-0.15, -0.1) is 0 Å². The lowest BCUT2D eigenvalue weighted by atomic mass is 9.92. The van der Waals surface area contributed by atoms with E-state index >= 15 is 0 Å². The molecule has 4 amide bonds. The van der Waals surface area contributed by atoms with E-state index in [1.165, 1.54) is 4.90 Å². The van der Waals surface area contributed by atoms with Crippen LogP contribution in [0.4, 0.5) is 10.5 Å². The summed E-state index contributed by atoms with van der Waals surface area (Å²) < 4.78 is 24.1. The number of urea groups is 1. The van der Waals surface area contributed by atoms with Crippen LogP contribution >= 0.6 is 11.6 Å². The fourth-order valence-electron chi connectivity index (χ4n) is 4.16. The maximum Gasteiger partial charge on any atom is 0.325 e. The fourth-order valence-corrected chi connectivity index (χ4v) is 5.98. The Morgan fingerprint density at radius 3 is 2.41 bits per heavy atom. The molecule has 2 saturated heterocycles. The highest BCUT2D eigenvalue weighted by atomic mass is 35.5. The molecular weight excluding hydrogens is 454 g/mol. The molecule has 4 rings (SSSR count). The van der Waals surface area contributed by atoms with Gasteiger partial charge in [0.15, 0.2) is 9.84 Å². The largest absolute Gasteiger partial charge is 0.325 e. The van der Waals surface area contributed by atoms with Crippen molar-refractivity contribution in [3.63, 3.8) is 0 Å². The Morgan fingerprint density at radius 2 is 1.81 bits per heavy atom. The Kier molecular flexibility index (Phi) is 5.72. The molecule has 8 nitrogen and oxygen atoms in total. The number of halogens is 1. The van der Waals surface area contributed by atoms with E-state index in [1.807, 2.05) is 0 Å². The number of benzene rings is 2. The van der Waals surface area contributed by atoms with E-state index in [0.29, 0.717) is 22.7 Å². The molecule has 32 heavy (non-hydrogen) atoms. The van der Waals surface area contributed by atoms with Crippen molar-refractivity contribution in [2.75, 3.05) is 23.0 Å². The number of sulfone groups is 1. The molecule has 2 aromatic carbocycles. The molecule has 2 aliphatic heterocycles. The van der Waals surface area contributed by atoms with E-state index in [4.69, 9.17) is 11.6 Å². The van der Waals surface area contributed by atoms with Crippen LogP contribution in [-0.2, 0) is 25.0 Å². The first-order chi connectivity index (χ1) is 15.1. The second-order valence-corrected chi connectivity index (χ2v) is 10.8. The predicted octanol–water partition coefficient (Wildman–Crippen LogP) is 2.33. The SMILES string of the molecule is C[C@]1(c2ccc(Cl)cc2)NC(=O)N(CC(=O)N(c2ccccc2)[C@@H]2CCS(=O)(=O)C2)C1=O. The van der Waals surface area contributed by atoms with Crippen LogP contribution in [0, 0.1) is 0 Å². The number of imide groups is 1. The molecule has 2 aromatic rings. The highest BCUT2D eigenvalue weighted by Crippen LogP contribution is 2.30. The zero-order valence-corrected chi connectivity index (χ0v) is 18.9. The topological polar surface area (TPSA) is 104 Å². The van der Waals surface area contributed by atoms with Gasteiger partial charge in [-0.25, -0.2) is 13.2 Å². The number of rotatable bonds is 5. The van der Waals surface area contributed by atoms with Crippen molar-refractivity contribution < 1.29 is 22.8 Å². The van der Waals surface area contributed by atoms with Crippen LogP contribution < -0.4 is 10.2 Å². The molecule has 0 unspecified atom stereocenters. The van der Waals surface area contributed by atoms with Crippen molar-refractivity contribution in [1.29, 1.82) is 0 Å². The highest BCUT2D eigenvalue weighted by Gasteiger charge is 2.50. The van der Waals surface area contributed by atoms with Crippen LogP contribution in [0.5, 0.6) is 0 Å². The molecule has 0 saturated carbocycles. The molecule has 0 aromatic heterocycles. The summed E-state index contributed by atoms with van der Waals surface area (Å²) in [5.41, 5.74) is -0.278. The van der Waals surface area contributed by atoms with E-state index in [-0.39, 0.29) is 11.5 Å². The molecule has 0 bridgehead atoms. The van der Waals surface area contributed by atoms with Crippen LogP contribution in [0.25, 0.3) is 0 Å². The quantitative estimate of drug-likeness (QED) is 0.668. The first-order valence-electron chi connectivity index (χ1n) is 10.1. The Morgan fingerprint density at radius 1 is 1.16 bits per heavy atom. The lowest BCUT2D eigenvalue weighted by Crippen LogP contribution is -2.48. The second-order valence-electron chi connectivity index (χ2n) is 8.11. The number of carbonyl (C=O) groups is 3. The summed E-state index contributed by atoms with van der Waals surface area (Å²) in [5.74, 6) is -1.25. The van der Waals surface area contributed by atoms with Gasteiger partial charge in [-0.2, -0.15) is 0 Å².